The highest BCUT2D eigenvalue weighted by Gasteiger charge is 2.22. The maximum Gasteiger partial charge on any atom is 0.415 e. The number of rotatable bonds is 1. The van der Waals surface area contributed by atoms with Crippen LogP contribution in [0, 0.1) is 11.3 Å². The summed E-state index contributed by atoms with van der Waals surface area (Å²) in [7, 11) is 0. The number of carbonyl (C=O) groups is 1. The number of anilines is 1. The van der Waals surface area contributed by atoms with Crippen LogP contribution < -0.4 is 4.90 Å². The van der Waals surface area contributed by atoms with Gasteiger partial charge in [-0.3, -0.25) is 4.90 Å². The molecule has 0 radical (unpaired) electrons. The molecule has 0 spiro atoms. The summed E-state index contributed by atoms with van der Waals surface area (Å²) >= 11 is 0. The van der Waals surface area contributed by atoms with E-state index < -0.39 is 6.09 Å². The first kappa shape index (κ1) is 9.46. The third-order valence-corrected chi connectivity index (χ3v) is 2.12. The molecular weight excluding hydrogens is 194 g/mol. The van der Waals surface area contributed by atoms with E-state index in [0.29, 0.717) is 24.5 Å². The molecule has 15 heavy (non-hydrogen) atoms. The normalized spacial score (nSPS) is 15.7. The minimum absolute atomic E-state index is 0.399. The van der Waals surface area contributed by atoms with Gasteiger partial charge in [0, 0.05) is 12.7 Å². The van der Waals surface area contributed by atoms with E-state index >= 15 is 0 Å². The first-order valence-corrected chi connectivity index (χ1v) is 4.62. The Bertz CT molecular complexity index is 425. The number of aromatic nitrogens is 1. The van der Waals surface area contributed by atoms with Crippen molar-refractivity contribution in [3.05, 3.63) is 23.9 Å². The summed E-state index contributed by atoms with van der Waals surface area (Å²) < 4.78 is 4.88. The van der Waals surface area contributed by atoms with Crippen LogP contribution in [0.15, 0.2) is 18.3 Å². The zero-order valence-electron chi connectivity index (χ0n) is 8.01. The van der Waals surface area contributed by atoms with Crippen LogP contribution in [0.3, 0.4) is 0 Å². The molecule has 2 rings (SSSR count). The number of amides is 1. The number of ether oxygens (including phenoxy) is 1. The average molecular weight is 203 g/mol. The molecule has 1 fully saturated rings. The molecule has 0 unspecified atom stereocenters. The van der Waals surface area contributed by atoms with Crippen LogP contribution in [0.25, 0.3) is 0 Å². The van der Waals surface area contributed by atoms with Gasteiger partial charge < -0.3 is 4.74 Å². The van der Waals surface area contributed by atoms with Crippen LogP contribution in [0.5, 0.6) is 0 Å². The van der Waals surface area contributed by atoms with Crippen molar-refractivity contribution in [3.63, 3.8) is 0 Å². The van der Waals surface area contributed by atoms with Gasteiger partial charge in [-0.15, -0.1) is 0 Å². The van der Waals surface area contributed by atoms with Gasteiger partial charge in [-0.2, -0.15) is 5.26 Å². The lowest BCUT2D eigenvalue weighted by Crippen LogP contribution is -2.38. The van der Waals surface area contributed by atoms with E-state index in [1.54, 1.807) is 12.1 Å². The number of nitrogens with zero attached hydrogens (tertiary/aromatic N) is 3. The van der Waals surface area contributed by atoms with Gasteiger partial charge >= 0.3 is 6.09 Å². The largest absolute Gasteiger partial charge is 0.449 e. The summed E-state index contributed by atoms with van der Waals surface area (Å²) in [5.74, 6) is 0.471. The first-order valence-electron chi connectivity index (χ1n) is 4.62. The van der Waals surface area contributed by atoms with Crippen molar-refractivity contribution in [2.75, 3.05) is 18.1 Å². The number of hydrogen-bond acceptors (Lipinski definition) is 4. The molecule has 1 aromatic rings. The van der Waals surface area contributed by atoms with Gasteiger partial charge in [0.15, 0.2) is 0 Å². The van der Waals surface area contributed by atoms with E-state index in [9.17, 15) is 4.79 Å². The highest BCUT2D eigenvalue weighted by Crippen LogP contribution is 2.16. The molecule has 1 aliphatic heterocycles. The Balaban J connectivity index is 2.28. The van der Waals surface area contributed by atoms with Crippen molar-refractivity contribution >= 4 is 11.9 Å². The molecule has 0 aromatic carbocycles. The van der Waals surface area contributed by atoms with Crippen molar-refractivity contribution in [2.45, 2.75) is 6.42 Å². The van der Waals surface area contributed by atoms with Crippen molar-refractivity contribution in [3.8, 4) is 6.07 Å². The Labute approximate surface area is 86.9 Å². The number of pyridine rings is 1. The number of nitriles is 1. The Morgan fingerprint density at radius 1 is 1.60 bits per heavy atom. The zero-order valence-corrected chi connectivity index (χ0v) is 8.01. The van der Waals surface area contributed by atoms with E-state index in [-0.39, 0.29) is 0 Å². The Morgan fingerprint density at radius 2 is 2.47 bits per heavy atom. The van der Waals surface area contributed by atoms with Gasteiger partial charge in [0.05, 0.1) is 18.2 Å². The molecule has 5 nitrogen and oxygen atoms in total. The van der Waals surface area contributed by atoms with Gasteiger partial charge in [0.1, 0.15) is 5.82 Å². The summed E-state index contributed by atoms with van der Waals surface area (Å²) in [5, 5.41) is 8.71. The maximum atomic E-state index is 11.4. The fraction of sp³-hybridized carbons (Fsp3) is 0.300. The monoisotopic (exact) mass is 203 g/mol. The topological polar surface area (TPSA) is 66.2 Å². The van der Waals surface area contributed by atoms with Gasteiger partial charge in [-0.05, 0) is 18.6 Å². The highest BCUT2D eigenvalue weighted by atomic mass is 16.6. The SMILES string of the molecule is N#Cc1ccnc(N2CCCOC2=O)c1. The molecule has 1 aromatic heterocycles. The Morgan fingerprint density at radius 3 is 3.20 bits per heavy atom. The molecular formula is C10H9N3O2. The van der Waals surface area contributed by atoms with Crippen LogP contribution >= 0.6 is 0 Å². The van der Waals surface area contributed by atoms with E-state index in [4.69, 9.17) is 10.00 Å². The van der Waals surface area contributed by atoms with Crippen LogP contribution in [-0.4, -0.2) is 24.2 Å². The van der Waals surface area contributed by atoms with Crippen molar-refractivity contribution < 1.29 is 9.53 Å². The van der Waals surface area contributed by atoms with Crippen molar-refractivity contribution in [1.29, 1.82) is 5.26 Å². The summed E-state index contributed by atoms with van der Waals surface area (Å²) in [4.78, 5) is 16.8. The molecule has 0 N–H and O–H groups in total. The summed E-state index contributed by atoms with van der Waals surface area (Å²) in [6.45, 7) is 1.04. The molecule has 5 heteroatoms. The lowest BCUT2D eigenvalue weighted by atomic mass is 10.2. The number of hydrogen-bond donors (Lipinski definition) is 0. The van der Waals surface area contributed by atoms with Gasteiger partial charge in [-0.1, -0.05) is 0 Å². The predicted molar refractivity (Wildman–Crippen MR) is 52.3 cm³/mol. The van der Waals surface area contributed by atoms with E-state index in [1.165, 1.54) is 11.1 Å². The number of carbonyl (C=O) groups excluding carboxylic acids is 1. The molecule has 76 valence electrons. The second kappa shape index (κ2) is 3.96. The van der Waals surface area contributed by atoms with Gasteiger partial charge in [0.25, 0.3) is 0 Å². The zero-order chi connectivity index (χ0) is 10.7. The second-order valence-corrected chi connectivity index (χ2v) is 3.13. The van der Waals surface area contributed by atoms with E-state index in [0.717, 1.165) is 6.42 Å². The molecule has 0 bridgehead atoms. The third-order valence-electron chi connectivity index (χ3n) is 2.12. The predicted octanol–water partition coefficient (Wildman–Crippen LogP) is 1.30. The minimum Gasteiger partial charge on any atom is -0.449 e. The van der Waals surface area contributed by atoms with Crippen LogP contribution in [0.2, 0.25) is 0 Å². The second-order valence-electron chi connectivity index (χ2n) is 3.13. The summed E-state index contributed by atoms with van der Waals surface area (Å²) in [5.41, 5.74) is 0.485. The number of cyclic esters (lactones) is 1. The van der Waals surface area contributed by atoms with Gasteiger partial charge in [-0.25, -0.2) is 9.78 Å². The van der Waals surface area contributed by atoms with E-state index in [1.807, 2.05) is 6.07 Å². The molecule has 0 aliphatic carbocycles. The summed E-state index contributed by atoms with van der Waals surface area (Å²) in [6.07, 6.45) is 1.89. The van der Waals surface area contributed by atoms with Crippen LogP contribution in [0.1, 0.15) is 12.0 Å². The van der Waals surface area contributed by atoms with Crippen LogP contribution in [-0.2, 0) is 4.74 Å². The van der Waals surface area contributed by atoms with E-state index in [2.05, 4.69) is 4.98 Å². The Hall–Kier alpha value is -2.09. The molecule has 1 saturated heterocycles. The molecule has 1 aliphatic rings. The van der Waals surface area contributed by atoms with Gasteiger partial charge in [0.2, 0.25) is 0 Å². The van der Waals surface area contributed by atoms with Crippen molar-refractivity contribution in [1.82, 2.24) is 4.98 Å². The molecule has 1 amide bonds. The molecule has 0 saturated carbocycles. The average Bonchev–Trinajstić information content (AvgIpc) is 2.30. The standard InChI is InChI=1S/C10H9N3O2/c11-7-8-2-3-12-9(6-8)13-4-1-5-15-10(13)14/h2-3,6H,1,4-5H2. The molecule has 2 heterocycles. The lowest BCUT2D eigenvalue weighted by Gasteiger charge is -2.25. The fourth-order valence-electron chi connectivity index (χ4n) is 1.39. The Kier molecular flexibility index (Phi) is 2.50. The molecule has 0 atom stereocenters. The smallest absolute Gasteiger partial charge is 0.415 e. The van der Waals surface area contributed by atoms with Crippen LogP contribution in [0.4, 0.5) is 10.6 Å². The highest BCUT2D eigenvalue weighted by molar-refractivity contribution is 5.87. The lowest BCUT2D eigenvalue weighted by molar-refractivity contribution is 0.140. The minimum atomic E-state index is -0.399. The fourth-order valence-corrected chi connectivity index (χ4v) is 1.39. The quantitative estimate of drug-likeness (QED) is 0.690. The maximum absolute atomic E-state index is 11.4. The third kappa shape index (κ3) is 1.89. The summed E-state index contributed by atoms with van der Waals surface area (Å²) in [6, 6.07) is 5.17. The van der Waals surface area contributed by atoms with Crippen molar-refractivity contribution in [2.24, 2.45) is 0 Å². The first-order chi connectivity index (χ1) is 7.31.